The maximum atomic E-state index is 12.5. The lowest BCUT2D eigenvalue weighted by atomic mass is 9.88. The minimum absolute atomic E-state index is 0.0300. The molecule has 1 heterocycles. The number of nitrogens with zero attached hydrogens (tertiary/aromatic N) is 4. The summed E-state index contributed by atoms with van der Waals surface area (Å²) in [4.78, 5) is 12.5. The standard InChI is InChI=1S/C16H21N5OS/c1-3-21-16(18-19-20-21)23-11(2)15(22)17-14-10-6-8-12-7-4-5-9-13(12)14/h4-5,7,9,11,14H,3,6,8,10H2,1-2H3,(H,17,22)/t11-,14+/m1/s1. The zero-order valence-corrected chi connectivity index (χ0v) is 14.2. The fraction of sp³-hybridized carbons (Fsp3) is 0.500. The lowest BCUT2D eigenvalue weighted by molar-refractivity contribution is -0.121. The van der Waals surface area contributed by atoms with E-state index in [9.17, 15) is 4.79 Å². The predicted molar refractivity (Wildman–Crippen MR) is 89.1 cm³/mol. The smallest absolute Gasteiger partial charge is 0.233 e. The molecule has 0 saturated carbocycles. The van der Waals surface area contributed by atoms with Gasteiger partial charge in [-0.2, -0.15) is 0 Å². The van der Waals surface area contributed by atoms with Crippen molar-refractivity contribution >= 4 is 17.7 Å². The second-order valence-electron chi connectivity index (χ2n) is 5.69. The van der Waals surface area contributed by atoms with Crippen LogP contribution >= 0.6 is 11.8 Å². The number of aromatic nitrogens is 4. The molecule has 0 fully saturated rings. The number of rotatable bonds is 5. The van der Waals surface area contributed by atoms with E-state index in [1.54, 1.807) is 4.68 Å². The second-order valence-corrected chi connectivity index (χ2v) is 7.00. The van der Waals surface area contributed by atoms with E-state index in [0.717, 1.165) is 19.3 Å². The van der Waals surface area contributed by atoms with Crippen LogP contribution in [0.1, 0.15) is 43.9 Å². The first-order valence-electron chi connectivity index (χ1n) is 8.00. The Kier molecular flexibility index (Phi) is 4.95. The van der Waals surface area contributed by atoms with Crippen molar-refractivity contribution in [1.82, 2.24) is 25.5 Å². The van der Waals surface area contributed by atoms with E-state index in [-0.39, 0.29) is 17.2 Å². The van der Waals surface area contributed by atoms with Gasteiger partial charge >= 0.3 is 0 Å². The number of carbonyl (C=O) groups is 1. The van der Waals surface area contributed by atoms with Crippen LogP contribution in [-0.4, -0.2) is 31.4 Å². The summed E-state index contributed by atoms with van der Waals surface area (Å²) in [6.07, 6.45) is 3.20. The zero-order chi connectivity index (χ0) is 16.2. The zero-order valence-electron chi connectivity index (χ0n) is 13.4. The molecule has 7 heteroatoms. The number of tetrazole rings is 1. The summed E-state index contributed by atoms with van der Waals surface area (Å²) in [5.41, 5.74) is 2.60. The van der Waals surface area contributed by atoms with Crippen molar-refractivity contribution in [3.05, 3.63) is 35.4 Å². The van der Waals surface area contributed by atoms with E-state index < -0.39 is 0 Å². The molecule has 0 bridgehead atoms. The first kappa shape index (κ1) is 16.0. The Morgan fingerprint density at radius 1 is 1.48 bits per heavy atom. The monoisotopic (exact) mass is 331 g/mol. The average molecular weight is 331 g/mol. The lowest BCUT2D eigenvalue weighted by Crippen LogP contribution is -2.36. The Bertz CT molecular complexity index is 687. The van der Waals surface area contributed by atoms with Crippen LogP contribution in [0.2, 0.25) is 0 Å². The Labute approximate surface area is 140 Å². The van der Waals surface area contributed by atoms with Gasteiger partial charge in [0.15, 0.2) is 0 Å². The Morgan fingerprint density at radius 3 is 3.13 bits per heavy atom. The molecule has 1 aliphatic rings. The minimum Gasteiger partial charge on any atom is -0.348 e. The van der Waals surface area contributed by atoms with E-state index >= 15 is 0 Å². The number of aryl methyl sites for hydroxylation is 2. The number of benzene rings is 1. The number of amides is 1. The van der Waals surface area contributed by atoms with E-state index in [4.69, 9.17) is 0 Å². The van der Waals surface area contributed by atoms with Crippen LogP contribution in [0.4, 0.5) is 0 Å². The highest BCUT2D eigenvalue weighted by atomic mass is 32.2. The number of hydrogen-bond donors (Lipinski definition) is 1. The molecule has 1 aromatic carbocycles. The fourth-order valence-corrected chi connectivity index (χ4v) is 3.75. The van der Waals surface area contributed by atoms with Crippen molar-refractivity contribution in [1.29, 1.82) is 0 Å². The molecule has 0 aliphatic heterocycles. The molecule has 1 N–H and O–H groups in total. The molecular formula is C16H21N5OS. The van der Waals surface area contributed by atoms with Crippen LogP contribution in [0.15, 0.2) is 29.4 Å². The van der Waals surface area contributed by atoms with Gasteiger partial charge in [-0.15, -0.1) is 5.10 Å². The van der Waals surface area contributed by atoms with Crippen molar-refractivity contribution < 1.29 is 4.79 Å². The highest BCUT2D eigenvalue weighted by molar-refractivity contribution is 8.00. The molecule has 3 rings (SSSR count). The van der Waals surface area contributed by atoms with Gasteiger partial charge in [0.25, 0.3) is 0 Å². The minimum atomic E-state index is -0.236. The summed E-state index contributed by atoms with van der Waals surface area (Å²) in [6, 6.07) is 8.48. The molecule has 0 spiro atoms. The highest BCUT2D eigenvalue weighted by Crippen LogP contribution is 2.30. The molecule has 1 aliphatic carbocycles. The summed E-state index contributed by atoms with van der Waals surface area (Å²) in [7, 11) is 0. The topological polar surface area (TPSA) is 72.7 Å². The summed E-state index contributed by atoms with van der Waals surface area (Å²) in [5, 5.41) is 15.2. The van der Waals surface area contributed by atoms with E-state index in [0.29, 0.717) is 11.7 Å². The molecule has 0 unspecified atom stereocenters. The van der Waals surface area contributed by atoms with Gasteiger partial charge in [0.1, 0.15) is 0 Å². The molecule has 2 atom stereocenters. The van der Waals surface area contributed by atoms with Crippen molar-refractivity contribution in [2.24, 2.45) is 0 Å². The summed E-state index contributed by atoms with van der Waals surface area (Å²) in [6.45, 7) is 4.56. The van der Waals surface area contributed by atoms with Crippen LogP contribution < -0.4 is 5.32 Å². The summed E-state index contributed by atoms with van der Waals surface area (Å²) in [5.74, 6) is 0.0300. The van der Waals surface area contributed by atoms with Gasteiger partial charge in [0, 0.05) is 6.54 Å². The first-order valence-corrected chi connectivity index (χ1v) is 8.88. The molecule has 1 aromatic heterocycles. The lowest BCUT2D eigenvalue weighted by Gasteiger charge is -2.27. The van der Waals surface area contributed by atoms with Gasteiger partial charge in [0.05, 0.1) is 11.3 Å². The molecule has 0 saturated heterocycles. The van der Waals surface area contributed by atoms with Gasteiger partial charge in [0.2, 0.25) is 11.1 Å². The van der Waals surface area contributed by atoms with Crippen molar-refractivity contribution in [3.8, 4) is 0 Å². The molecule has 0 radical (unpaired) electrons. The number of fused-ring (bicyclic) bond motifs is 1. The highest BCUT2D eigenvalue weighted by Gasteiger charge is 2.25. The molecule has 23 heavy (non-hydrogen) atoms. The first-order chi connectivity index (χ1) is 11.2. The van der Waals surface area contributed by atoms with Crippen LogP contribution in [-0.2, 0) is 17.8 Å². The third-order valence-electron chi connectivity index (χ3n) is 4.14. The van der Waals surface area contributed by atoms with Crippen LogP contribution in [0.3, 0.4) is 0 Å². The fourth-order valence-electron chi connectivity index (χ4n) is 2.88. The van der Waals surface area contributed by atoms with Crippen LogP contribution in [0, 0.1) is 0 Å². The van der Waals surface area contributed by atoms with Crippen LogP contribution in [0.5, 0.6) is 0 Å². The largest absolute Gasteiger partial charge is 0.348 e. The van der Waals surface area contributed by atoms with Gasteiger partial charge in [-0.3, -0.25) is 4.79 Å². The molecule has 6 nitrogen and oxygen atoms in total. The quantitative estimate of drug-likeness (QED) is 0.852. The van der Waals surface area contributed by atoms with Gasteiger partial charge < -0.3 is 5.32 Å². The third-order valence-corrected chi connectivity index (χ3v) is 5.21. The number of nitrogens with one attached hydrogen (secondary N) is 1. The van der Waals surface area contributed by atoms with Gasteiger partial charge in [-0.05, 0) is 54.7 Å². The number of hydrogen-bond acceptors (Lipinski definition) is 5. The Hall–Kier alpha value is -1.89. The maximum absolute atomic E-state index is 12.5. The van der Waals surface area contributed by atoms with Crippen molar-refractivity contribution in [3.63, 3.8) is 0 Å². The van der Waals surface area contributed by atoms with Crippen molar-refractivity contribution in [2.45, 2.75) is 56.1 Å². The predicted octanol–water partition coefficient (Wildman–Crippen LogP) is 2.37. The Morgan fingerprint density at radius 2 is 2.30 bits per heavy atom. The third kappa shape index (κ3) is 3.55. The summed E-state index contributed by atoms with van der Waals surface area (Å²) >= 11 is 1.39. The molecule has 2 aromatic rings. The second kappa shape index (κ2) is 7.12. The maximum Gasteiger partial charge on any atom is 0.233 e. The Balaban J connectivity index is 1.65. The normalized spacial score (nSPS) is 18.3. The summed E-state index contributed by atoms with van der Waals surface area (Å²) < 4.78 is 1.70. The van der Waals surface area contributed by atoms with Crippen LogP contribution in [0.25, 0.3) is 0 Å². The van der Waals surface area contributed by atoms with Gasteiger partial charge in [-0.1, -0.05) is 36.0 Å². The number of carbonyl (C=O) groups excluding carboxylic acids is 1. The van der Waals surface area contributed by atoms with E-state index in [1.807, 2.05) is 19.9 Å². The average Bonchev–Trinajstić information content (AvgIpc) is 3.02. The molecule has 122 valence electrons. The SMILES string of the molecule is CCn1nnnc1S[C@H](C)C(=O)N[C@H]1CCCc2ccccc21. The molecule has 1 amide bonds. The van der Waals surface area contributed by atoms with E-state index in [1.165, 1.54) is 22.9 Å². The van der Waals surface area contributed by atoms with Gasteiger partial charge in [-0.25, -0.2) is 4.68 Å². The molecular weight excluding hydrogens is 310 g/mol. The number of thioether (sulfide) groups is 1. The van der Waals surface area contributed by atoms with E-state index in [2.05, 4.69) is 39.0 Å². The van der Waals surface area contributed by atoms with Crippen molar-refractivity contribution in [2.75, 3.05) is 0 Å².